The van der Waals surface area contributed by atoms with Gasteiger partial charge in [-0.15, -0.1) is 0 Å². The highest BCUT2D eigenvalue weighted by Crippen LogP contribution is 2.47. The van der Waals surface area contributed by atoms with Crippen molar-refractivity contribution in [3.05, 3.63) is 28.8 Å². The van der Waals surface area contributed by atoms with E-state index >= 15 is 0 Å². The van der Waals surface area contributed by atoms with Gasteiger partial charge in [0.2, 0.25) is 11.8 Å². The lowest BCUT2D eigenvalue weighted by Crippen LogP contribution is -2.74. The van der Waals surface area contributed by atoms with Crippen molar-refractivity contribution in [1.29, 1.82) is 0 Å². The molecule has 1 aromatic rings. The molecule has 4 rings (SSSR count). The summed E-state index contributed by atoms with van der Waals surface area (Å²) in [4.78, 5) is 45.2. The van der Waals surface area contributed by atoms with Gasteiger partial charge in [0, 0.05) is 44.4 Å². The number of likely N-dealkylation sites (N-methyl/N-ethyl adjacent to an activating group) is 1. The maximum absolute atomic E-state index is 13.3. The number of imide groups is 2. The molecule has 3 aliphatic rings. The number of hydrogen-bond donors (Lipinski definition) is 0. The zero-order valence-corrected chi connectivity index (χ0v) is 15.8. The van der Waals surface area contributed by atoms with Crippen molar-refractivity contribution in [2.45, 2.75) is 12.5 Å². The molecule has 0 saturated carbocycles. The van der Waals surface area contributed by atoms with E-state index < -0.39 is 23.3 Å². The SMILES string of the molecule is CN1CCN2c3cc(Cl)ccc3CC3(C(=O)N(C)C(=O)N(C)C3=O)[C@H]2C1. The topological polar surface area (TPSA) is 64.2 Å². The number of amides is 4. The fourth-order valence-electron chi connectivity index (χ4n) is 4.53. The Kier molecular flexibility index (Phi) is 3.79. The smallest absolute Gasteiger partial charge is 0.332 e. The highest BCUT2D eigenvalue weighted by Gasteiger charge is 2.63. The monoisotopic (exact) mass is 376 g/mol. The molecule has 0 radical (unpaired) electrons. The standard InChI is InChI=1S/C18H21ClN4O3/c1-20-6-7-23-13-8-12(19)5-4-11(13)9-18(14(23)10-20)15(24)21(2)17(26)22(3)16(18)25/h4-5,8,14H,6-7,9-10H2,1-3H3/t14-/m1/s1. The maximum atomic E-state index is 13.3. The summed E-state index contributed by atoms with van der Waals surface area (Å²) in [5.74, 6) is -0.840. The number of anilines is 1. The third-order valence-corrected chi connectivity index (χ3v) is 6.16. The Balaban J connectivity index is 1.92. The van der Waals surface area contributed by atoms with E-state index in [2.05, 4.69) is 9.80 Å². The number of fused-ring (bicyclic) bond motifs is 4. The number of carbonyl (C=O) groups is 3. The van der Waals surface area contributed by atoms with Crippen LogP contribution in [0.3, 0.4) is 0 Å². The van der Waals surface area contributed by atoms with Crippen molar-refractivity contribution in [2.75, 3.05) is 45.7 Å². The van der Waals surface area contributed by atoms with Crippen molar-refractivity contribution in [2.24, 2.45) is 5.41 Å². The number of piperazine rings is 1. The van der Waals surface area contributed by atoms with Crippen molar-refractivity contribution in [3.63, 3.8) is 0 Å². The minimum Gasteiger partial charge on any atom is -0.364 e. The van der Waals surface area contributed by atoms with Crippen LogP contribution in [-0.4, -0.2) is 79.4 Å². The van der Waals surface area contributed by atoms with Crippen LogP contribution in [-0.2, 0) is 16.0 Å². The van der Waals surface area contributed by atoms with Gasteiger partial charge in [0.25, 0.3) is 0 Å². The van der Waals surface area contributed by atoms with Gasteiger partial charge in [-0.2, -0.15) is 0 Å². The molecule has 2 saturated heterocycles. The van der Waals surface area contributed by atoms with E-state index in [1.807, 2.05) is 19.2 Å². The molecule has 3 heterocycles. The molecule has 1 aromatic carbocycles. The molecule has 0 N–H and O–H groups in total. The molecule has 0 bridgehead atoms. The first-order chi connectivity index (χ1) is 12.3. The van der Waals surface area contributed by atoms with E-state index in [4.69, 9.17) is 11.6 Å². The number of halogens is 1. The summed E-state index contributed by atoms with van der Waals surface area (Å²) in [5.41, 5.74) is 0.587. The molecular formula is C18H21ClN4O3. The number of urea groups is 1. The lowest BCUT2D eigenvalue weighted by atomic mass is 9.67. The molecule has 3 aliphatic heterocycles. The van der Waals surface area contributed by atoms with Crippen LogP contribution in [0, 0.1) is 5.41 Å². The first kappa shape index (κ1) is 17.3. The molecular weight excluding hydrogens is 356 g/mol. The van der Waals surface area contributed by atoms with E-state index in [1.54, 1.807) is 6.07 Å². The average molecular weight is 377 g/mol. The molecule has 0 aliphatic carbocycles. The highest BCUT2D eigenvalue weighted by molar-refractivity contribution is 6.31. The van der Waals surface area contributed by atoms with E-state index in [9.17, 15) is 14.4 Å². The van der Waals surface area contributed by atoms with Gasteiger partial charge < -0.3 is 9.80 Å². The second kappa shape index (κ2) is 5.69. The van der Waals surface area contributed by atoms with Crippen LogP contribution in [0.2, 0.25) is 5.02 Å². The van der Waals surface area contributed by atoms with E-state index in [1.165, 1.54) is 14.1 Å². The van der Waals surface area contributed by atoms with Crippen LogP contribution in [0.25, 0.3) is 0 Å². The minimum atomic E-state index is -1.30. The Morgan fingerprint density at radius 2 is 1.69 bits per heavy atom. The number of carbonyl (C=O) groups excluding carboxylic acids is 3. The van der Waals surface area contributed by atoms with E-state index in [0.29, 0.717) is 18.1 Å². The molecule has 138 valence electrons. The lowest BCUT2D eigenvalue weighted by Gasteiger charge is -2.55. The molecule has 7 nitrogen and oxygen atoms in total. The van der Waals surface area contributed by atoms with Crippen LogP contribution in [0.1, 0.15) is 5.56 Å². The van der Waals surface area contributed by atoms with Gasteiger partial charge in [-0.1, -0.05) is 17.7 Å². The van der Waals surface area contributed by atoms with Gasteiger partial charge in [-0.25, -0.2) is 4.79 Å². The average Bonchev–Trinajstić information content (AvgIpc) is 2.63. The second-order valence-electron chi connectivity index (χ2n) is 7.40. The fraction of sp³-hybridized carbons (Fsp3) is 0.500. The van der Waals surface area contributed by atoms with Gasteiger partial charge in [-0.05, 0) is 31.2 Å². The van der Waals surface area contributed by atoms with E-state index in [-0.39, 0.29) is 12.5 Å². The predicted octanol–water partition coefficient (Wildman–Crippen LogP) is 1.05. The first-order valence-electron chi connectivity index (χ1n) is 8.61. The molecule has 8 heteroatoms. The Labute approximate surface area is 157 Å². The number of nitrogens with zero attached hydrogens (tertiary/aromatic N) is 4. The molecule has 4 amide bonds. The number of barbiturate groups is 1. The third-order valence-electron chi connectivity index (χ3n) is 5.92. The first-order valence-corrected chi connectivity index (χ1v) is 8.99. The summed E-state index contributed by atoms with van der Waals surface area (Å²) in [6, 6.07) is 4.64. The van der Waals surface area contributed by atoms with Crippen LogP contribution < -0.4 is 4.90 Å². The van der Waals surface area contributed by atoms with Crippen LogP contribution in [0.15, 0.2) is 18.2 Å². The second-order valence-corrected chi connectivity index (χ2v) is 7.84. The number of benzene rings is 1. The van der Waals surface area contributed by atoms with Crippen molar-refractivity contribution >= 4 is 35.1 Å². The number of hydrogen-bond acceptors (Lipinski definition) is 5. The molecule has 0 unspecified atom stereocenters. The predicted molar refractivity (Wildman–Crippen MR) is 97.2 cm³/mol. The summed E-state index contributed by atoms with van der Waals surface area (Å²) in [6.07, 6.45) is 0.272. The molecule has 0 aromatic heterocycles. The fourth-order valence-corrected chi connectivity index (χ4v) is 4.69. The Bertz CT molecular complexity index is 803. The lowest BCUT2D eigenvalue weighted by molar-refractivity contribution is -0.160. The van der Waals surface area contributed by atoms with Crippen molar-refractivity contribution in [1.82, 2.24) is 14.7 Å². The Morgan fingerprint density at radius 3 is 2.35 bits per heavy atom. The van der Waals surface area contributed by atoms with Crippen LogP contribution >= 0.6 is 11.6 Å². The molecule has 26 heavy (non-hydrogen) atoms. The third kappa shape index (κ3) is 2.13. The van der Waals surface area contributed by atoms with Gasteiger partial charge in [0.05, 0.1) is 6.04 Å². The Morgan fingerprint density at radius 1 is 1.04 bits per heavy atom. The van der Waals surface area contributed by atoms with Gasteiger partial charge in [0.1, 0.15) is 0 Å². The van der Waals surface area contributed by atoms with Gasteiger partial charge in [-0.3, -0.25) is 19.4 Å². The zero-order chi connectivity index (χ0) is 18.8. The summed E-state index contributed by atoms with van der Waals surface area (Å²) < 4.78 is 0. The summed E-state index contributed by atoms with van der Waals surface area (Å²) >= 11 is 6.20. The van der Waals surface area contributed by atoms with Crippen LogP contribution in [0.5, 0.6) is 0 Å². The number of rotatable bonds is 0. The van der Waals surface area contributed by atoms with Crippen LogP contribution in [0.4, 0.5) is 10.5 Å². The maximum Gasteiger partial charge on any atom is 0.332 e. The minimum absolute atomic E-state index is 0.272. The normalized spacial score (nSPS) is 25.6. The van der Waals surface area contributed by atoms with Gasteiger partial charge in [0.15, 0.2) is 5.41 Å². The molecule has 2 fully saturated rings. The van der Waals surface area contributed by atoms with Gasteiger partial charge >= 0.3 is 6.03 Å². The van der Waals surface area contributed by atoms with E-state index in [0.717, 1.165) is 27.6 Å². The Hall–Kier alpha value is -2.12. The molecule has 1 spiro atoms. The highest BCUT2D eigenvalue weighted by atomic mass is 35.5. The quantitative estimate of drug-likeness (QED) is 0.633. The van der Waals surface area contributed by atoms with Crippen molar-refractivity contribution < 1.29 is 14.4 Å². The van der Waals surface area contributed by atoms with Crippen molar-refractivity contribution in [3.8, 4) is 0 Å². The largest absolute Gasteiger partial charge is 0.364 e. The summed E-state index contributed by atoms with van der Waals surface area (Å²) in [7, 11) is 4.88. The summed E-state index contributed by atoms with van der Waals surface area (Å²) in [5, 5.41) is 0.628. The zero-order valence-electron chi connectivity index (χ0n) is 15.0. The molecule has 1 atom stereocenters. The summed E-state index contributed by atoms with van der Waals surface area (Å²) in [6.45, 7) is 2.09.